The summed E-state index contributed by atoms with van der Waals surface area (Å²) in [5.41, 5.74) is 3.91. The number of carbonyl (C=O) groups excluding carboxylic acids is 1. The molecule has 132 valence electrons. The Balaban J connectivity index is 1.52. The first-order valence-electron chi connectivity index (χ1n) is 8.41. The molecule has 2 aliphatic rings. The van der Waals surface area contributed by atoms with E-state index in [0.717, 1.165) is 16.7 Å². The fourth-order valence-electron chi connectivity index (χ4n) is 3.17. The zero-order chi connectivity index (χ0) is 18.4. The Labute approximate surface area is 154 Å². The Bertz CT molecular complexity index is 1100. The number of hydrogen-bond donors (Lipinski definition) is 2. The molecule has 2 N–H and O–H groups in total. The van der Waals surface area contributed by atoms with Gasteiger partial charge in [-0.2, -0.15) is 0 Å². The van der Waals surface area contributed by atoms with E-state index in [0.29, 0.717) is 22.7 Å². The molecule has 0 spiro atoms. The van der Waals surface area contributed by atoms with E-state index >= 15 is 0 Å². The summed E-state index contributed by atoms with van der Waals surface area (Å²) < 4.78 is 11.1. The third-order valence-electron chi connectivity index (χ3n) is 4.56. The molecule has 1 unspecified atom stereocenters. The summed E-state index contributed by atoms with van der Waals surface area (Å²) in [6.07, 6.45) is 4.39. The zero-order valence-corrected chi connectivity index (χ0v) is 14.0. The minimum absolute atomic E-state index is 0.151. The molecule has 6 nitrogen and oxygen atoms in total. The first-order valence-corrected chi connectivity index (χ1v) is 8.41. The number of rotatable bonds is 2. The van der Waals surface area contributed by atoms with Gasteiger partial charge >= 0.3 is 0 Å². The van der Waals surface area contributed by atoms with Crippen LogP contribution in [0.3, 0.4) is 0 Å². The lowest BCUT2D eigenvalue weighted by Gasteiger charge is -2.28. The number of nitrogens with zero attached hydrogens (tertiary/aromatic N) is 1. The number of phenols is 1. The fourth-order valence-corrected chi connectivity index (χ4v) is 3.17. The molecule has 0 aliphatic carbocycles. The van der Waals surface area contributed by atoms with Crippen LogP contribution in [-0.4, -0.2) is 23.1 Å². The quantitative estimate of drug-likeness (QED) is 0.736. The van der Waals surface area contributed by atoms with Crippen LogP contribution in [0.15, 0.2) is 76.0 Å². The summed E-state index contributed by atoms with van der Waals surface area (Å²) >= 11 is 0. The van der Waals surface area contributed by atoms with E-state index in [4.69, 9.17) is 9.15 Å². The number of benzene rings is 2. The van der Waals surface area contributed by atoms with Gasteiger partial charge in [-0.1, -0.05) is 6.07 Å². The molecule has 0 bridgehead atoms. The number of hydrogen-bond acceptors (Lipinski definition) is 5. The van der Waals surface area contributed by atoms with Crippen LogP contribution < -0.4 is 10.1 Å². The number of nitrogens with one attached hydrogen (secondary N) is 1. The summed E-state index contributed by atoms with van der Waals surface area (Å²) in [4.78, 5) is 17.1. The van der Waals surface area contributed by atoms with Crippen molar-refractivity contribution in [1.82, 2.24) is 5.32 Å². The summed E-state index contributed by atoms with van der Waals surface area (Å²) in [6, 6.07) is 14.1. The number of carbonyl (C=O) groups is 1. The predicted octanol–water partition coefficient (Wildman–Crippen LogP) is 3.33. The highest BCUT2D eigenvalue weighted by Gasteiger charge is 2.32. The molecule has 6 heteroatoms. The second-order valence-corrected chi connectivity index (χ2v) is 6.31. The largest absolute Gasteiger partial charge is 0.508 e. The summed E-state index contributed by atoms with van der Waals surface area (Å²) in [6.45, 7) is 0. The normalized spacial score (nSPS) is 17.8. The molecule has 1 amide bonds. The zero-order valence-electron chi connectivity index (χ0n) is 14.0. The van der Waals surface area contributed by atoms with Gasteiger partial charge in [-0.15, -0.1) is 0 Å². The monoisotopic (exact) mass is 358 g/mol. The Morgan fingerprint density at radius 3 is 2.59 bits per heavy atom. The van der Waals surface area contributed by atoms with Gasteiger partial charge in [0.1, 0.15) is 17.3 Å². The molecular weight excluding hydrogens is 344 g/mol. The Kier molecular flexibility index (Phi) is 3.36. The minimum Gasteiger partial charge on any atom is -0.508 e. The van der Waals surface area contributed by atoms with Crippen LogP contribution in [0.2, 0.25) is 0 Å². The van der Waals surface area contributed by atoms with Crippen LogP contribution in [0.4, 0.5) is 0 Å². The van der Waals surface area contributed by atoms with Crippen molar-refractivity contribution in [3.05, 3.63) is 77.8 Å². The SMILES string of the molecule is O=C1NC(c2ccc(O)cc2)=NC2Oc3ccc(-c4ccoc4)cc3C=C12. The fraction of sp³-hybridized carbons (Fsp3) is 0.0476. The average Bonchev–Trinajstić information content (AvgIpc) is 3.22. The summed E-state index contributed by atoms with van der Waals surface area (Å²) in [5, 5.41) is 12.2. The smallest absolute Gasteiger partial charge is 0.258 e. The maximum atomic E-state index is 12.6. The highest BCUT2D eigenvalue weighted by molar-refractivity contribution is 6.16. The highest BCUT2D eigenvalue weighted by atomic mass is 16.5. The van der Waals surface area contributed by atoms with Crippen molar-refractivity contribution in [3.63, 3.8) is 0 Å². The average molecular weight is 358 g/mol. The molecule has 0 radical (unpaired) electrons. The van der Waals surface area contributed by atoms with Crippen molar-refractivity contribution in [2.24, 2.45) is 4.99 Å². The number of amidine groups is 1. The van der Waals surface area contributed by atoms with Gasteiger partial charge in [0.2, 0.25) is 6.23 Å². The van der Waals surface area contributed by atoms with Crippen LogP contribution in [0.25, 0.3) is 17.2 Å². The molecule has 0 fully saturated rings. The van der Waals surface area contributed by atoms with Crippen LogP contribution >= 0.6 is 0 Å². The van der Waals surface area contributed by atoms with Gasteiger partial charge in [-0.3, -0.25) is 4.79 Å². The number of phenolic OH excluding ortho intramolecular Hbond substituents is 1. The second-order valence-electron chi connectivity index (χ2n) is 6.31. The van der Waals surface area contributed by atoms with Gasteiger partial charge in [0, 0.05) is 16.7 Å². The molecule has 0 saturated carbocycles. The van der Waals surface area contributed by atoms with Gasteiger partial charge in [0.25, 0.3) is 5.91 Å². The first kappa shape index (κ1) is 15.5. The number of aliphatic imine (C=N–C) groups is 1. The maximum absolute atomic E-state index is 12.6. The standard InChI is InChI=1S/C21H14N2O4/c24-16-4-1-12(2-5-16)19-22-20(25)17-10-15-9-13(14-7-8-26-11-14)3-6-18(15)27-21(17)23-19/h1-11,21,24H,(H,22,23,25). The Morgan fingerprint density at radius 1 is 1.00 bits per heavy atom. The van der Waals surface area contributed by atoms with E-state index in [1.165, 1.54) is 0 Å². The molecule has 2 aromatic carbocycles. The molecular formula is C21H14N2O4. The molecule has 0 saturated heterocycles. The van der Waals surface area contributed by atoms with Gasteiger partial charge in [0.15, 0.2) is 0 Å². The van der Waals surface area contributed by atoms with E-state index in [1.54, 1.807) is 42.9 Å². The van der Waals surface area contributed by atoms with Crippen LogP contribution in [-0.2, 0) is 4.79 Å². The van der Waals surface area contributed by atoms with E-state index in [2.05, 4.69) is 10.3 Å². The third kappa shape index (κ3) is 2.67. The summed E-state index contributed by atoms with van der Waals surface area (Å²) in [5.74, 6) is 0.982. The number of fused-ring (bicyclic) bond motifs is 2. The Hall–Kier alpha value is -3.80. The van der Waals surface area contributed by atoms with E-state index < -0.39 is 6.23 Å². The number of amides is 1. The molecule has 1 atom stereocenters. The lowest BCUT2D eigenvalue weighted by molar-refractivity contribution is -0.117. The predicted molar refractivity (Wildman–Crippen MR) is 99.3 cm³/mol. The van der Waals surface area contributed by atoms with Gasteiger partial charge in [0.05, 0.1) is 18.1 Å². The Morgan fingerprint density at radius 2 is 1.81 bits per heavy atom. The highest BCUT2D eigenvalue weighted by Crippen LogP contribution is 2.35. The number of furan rings is 1. The molecule has 1 aromatic heterocycles. The van der Waals surface area contributed by atoms with E-state index in [1.807, 2.05) is 24.3 Å². The van der Waals surface area contributed by atoms with Gasteiger partial charge in [-0.25, -0.2) is 4.99 Å². The lowest BCUT2D eigenvalue weighted by atomic mass is 9.99. The first-order chi connectivity index (χ1) is 13.2. The third-order valence-corrected chi connectivity index (χ3v) is 4.56. The van der Waals surface area contributed by atoms with Crippen LogP contribution in [0.1, 0.15) is 11.1 Å². The molecule has 27 heavy (non-hydrogen) atoms. The number of ether oxygens (including phenoxy) is 1. The topological polar surface area (TPSA) is 84.1 Å². The van der Waals surface area contributed by atoms with Crippen molar-refractivity contribution < 1.29 is 19.1 Å². The van der Waals surface area contributed by atoms with Crippen LogP contribution in [0.5, 0.6) is 11.5 Å². The van der Waals surface area contributed by atoms with Gasteiger partial charge in [-0.05, 0) is 54.1 Å². The van der Waals surface area contributed by atoms with E-state index in [9.17, 15) is 9.90 Å². The lowest BCUT2D eigenvalue weighted by Crippen LogP contribution is -2.43. The second kappa shape index (κ2) is 5.88. The summed E-state index contributed by atoms with van der Waals surface area (Å²) in [7, 11) is 0. The number of aromatic hydroxyl groups is 1. The van der Waals surface area contributed by atoms with Crippen molar-refractivity contribution in [1.29, 1.82) is 0 Å². The molecule has 3 aromatic rings. The van der Waals surface area contributed by atoms with Crippen molar-refractivity contribution in [2.75, 3.05) is 0 Å². The van der Waals surface area contributed by atoms with Crippen molar-refractivity contribution in [3.8, 4) is 22.6 Å². The minimum atomic E-state index is -0.699. The molecule has 5 rings (SSSR count). The molecule has 2 aliphatic heterocycles. The van der Waals surface area contributed by atoms with E-state index in [-0.39, 0.29) is 11.7 Å². The molecule has 3 heterocycles. The van der Waals surface area contributed by atoms with Crippen LogP contribution in [0, 0.1) is 0 Å². The maximum Gasteiger partial charge on any atom is 0.258 e. The van der Waals surface area contributed by atoms with Crippen molar-refractivity contribution >= 4 is 17.8 Å². The van der Waals surface area contributed by atoms with Gasteiger partial charge < -0.3 is 19.6 Å². The van der Waals surface area contributed by atoms with Crippen molar-refractivity contribution in [2.45, 2.75) is 6.23 Å².